The Morgan fingerprint density at radius 3 is 2.08 bits per heavy atom. The number of sulfonamides is 1. The Morgan fingerprint density at radius 1 is 1.04 bits per heavy atom. The molecule has 0 saturated carbocycles. The maximum absolute atomic E-state index is 12.8. The normalized spacial score (nSPS) is 17.0. The van der Waals surface area contributed by atoms with Gasteiger partial charge in [0.1, 0.15) is 0 Å². The fourth-order valence-electron chi connectivity index (χ4n) is 3.32. The Bertz CT molecular complexity index is 743. The molecule has 148 valence electrons. The van der Waals surface area contributed by atoms with Gasteiger partial charge in [0.2, 0.25) is 15.9 Å². The molecule has 1 aromatic carbocycles. The Labute approximate surface area is 163 Å². The van der Waals surface area contributed by atoms with Crippen molar-refractivity contribution in [3.63, 3.8) is 0 Å². The molecule has 3 N–H and O–H groups in total. The minimum Gasteiger partial charge on any atom is -0.352 e. The molecule has 26 heavy (non-hydrogen) atoms. The van der Waals surface area contributed by atoms with E-state index in [4.69, 9.17) is 0 Å². The molecule has 1 heterocycles. The van der Waals surface area contributed by atoms with E-state index in [9.17, 15) is 13.2 Å². The highest BCUT2D eigenvalue weighted by Crippen LogP contribution is 2.29. The number of amides is 1. The molecule has 6 nitrogen and oxygen atoms in total. The SMILES string of the molecule is Cc1c(C)c(C)c(S(=O)(=O)NCCC(=O)NC2CCNC2)c(C)c1C.Cl. The van der Waals surface area contributed by atoms with Gasteiger partial charge in [-0.05, 0) is 75.4 Å². The van der Waals surface area contributed by atoms with E-state index in [1.165, 1.54) is 0 Å². The molecule has 1 atom stereocenters. The van der Waals surface area contributed by atoms with Gasteiger partial charge < -0.3 is 10.6 Å². The summed E-state index contributed by atoms with van der Waals surface area (Å²) in [6.45, 7) is 11.3. The molecule has 0 aromatic heterocycles. The van der Waals surface area contributed by atoms with Crippen LogP contribution in [-0.2, 0) is 14.8 Å². The van der Waals surface area contributed by atoms with E-state index in [-0.39, 0.29) is 37.3 Å². The molecule has 1 aliphatic heterocycles. The van der Waals surface area contributed by atoms with Crippen LogP contribution in [-0.4, -0.2) is 40.0 Å². The first-order chi connectivity index (χ1) is 11.6. The molecule has 1 aliphatic rings. The summed E-state index contributed by atoms with van der Waals surface area (Å²) in [5.74, 6) is -0.124. The number of hydrogen-bond acceptors (Lipinski definition) is 4. The first-order valence-corrected chi connectivity index (χ1v) is 10.2. The fourth-order valence-corrected chi connectivity index (χ4v) is 4.94. The Balaban J connectivity index is 0.00000338. The number of rotatable bonds is 6. The topological polar surface area (TPSA) is 87.3 Å². The summed E-state index contributed by atoms with van der Waals surface area (Å²) in [6, 6.07) is 0.149. The molecule has 0 aliphatic carbocycles. The molecule has 2 rings (SSSR count). The molecule has 0 radical (unpaired) electrons. The summed E-state index contributed by atoms with van der Waals surface area (Å²) in [5.41, 5.74) is 4.66. The third kappa shape index (κ3) is 4.97. The van der Waals surface area contributed by atoms with Crippen LogP contribution in [0.15, 0.2) is 4.90 Å². The lowest BCUT2D eigenvalue weighted by Crippen LogP contribution is -2.38. The van der Waals surface area contributed by atoms with Crippen LogP contribution in [0.25, 0.3) is 0 Å². The van der Waals surface area contributed by atoms with Crippen LogP contribution in [0.5, 0.6) is 0 Å². The molecule has 8 heteroatoms. The Hall–Kier alpha value is -1.15. The van der Waals surface area contributed by atoms with E-state index in [0.29, 0.717) is 4.90 Å². The van der Waals surface area contributed by atoms with Crippen molar-refractivity contribution in [2.75, 3.05) is 19.6 Å². The standard InChI is InChI=1S/C18H29N3O3S.ClH/c1-11-12(2)14(4)18(15(5)13(11)3)25(23,24)20-9-7-17(22)21-16-6-8-19-10-16;/h16,19-20H,6-10H2,1-5H3,(H,21,22);1H. The molecule has 0 bridgehead atoms. The summed E-state index contributed by atoms with van der Waals surface area (Å²) >= 11 is 0. The average Bonchev–Trinajstić information content (AvgIpc) is 3.03. The Kier molecular flexibility index (Phi) is 8.07. The van der Waals surface area contributed by atoms with Crippen LogP contribution in [0.1, 0.15) is 40.7 Å². The zero-order valence-electron chi connectivity index (χ0n) is 16.2. The predicted molar refractivity (Wildman–Crippen MR) is 107 cm³/mol. The van der Waals surface area contributed by atoms with Crippen LogP contribution >= 0.6 is 12.4 Å². The number of benzene rings is 1. The van der Waals surface area contributed by atoms with Crippen molar-refractivity contribution in [3.05, 3.63) is 27.8 Å². The lowest BCUT2D eigenvalue weighted by molar-refractivity contribution is -0.121. The summed E-state index contributed by atoms with van der Waals surface area (Å²) in [7, 11) is -3.65. The summed E-state index contributed by atoms with van der Waals surface area (Å²) in [4.78, 5) is 12.3. The van der Waals surface area contributed by atoms with Gasteiger partial charge in [0.05, 0.1) is 4.90 Å². The highest BCUT2D eigenvalue weighted by atomic mass is 35.5. The van der Waals surface area contributed by atoms with Gasteiger partial charge in [-0.25, -0.2) is 13.1 Å². The monoisotopic (exact) mass is 403 g/mol. The quantitative estimate of drug-likeness (QED) is 0.675. The number of nitrogens with one attached hydrogen (secondary N) is 3. The molecule has 1 unspecified atom stereocenters. The predicted octanol–water partition coefficient (Wildman–Crippen LogP) is 1.80. The van der Waals surface area contributed by atoms with Crippen LogP contribution in [0.3, 0.4) is 0 Å². The van der Waals surface area contributed by atoms with E-state index in [0.717, 1.165) is 47.3 Å². The first kappa shape index (κ1) is 22.9. The smallest absolute Gasteiger partial charge is 0.241 e. The van der Waals surface area contributed by atoms with Crippen molar-refractivity contribution >= 4 is 28.3 Å². The Morgan fingerprint density at radius 2 is 1.58 bits per heavy atom. The van der Waals surface area contributed by atoms with Crippen LogP contribution in [0.4, 0.5) is 0 Å². The third-order valence-corrected chi connectivity index (χ3v) is 7.00. The van der Waals surface area contributed by atoms with E-state index in [2.05, 4.69) is 15.4 Å². The molecular formula is C18H30ClN3O3S. The molecule has 1 amide bonds. The minimum atomic E-state index is -3.65. The lowest BCUT2D eigenvalue weighted by atomic mass is 9.95. The van der Waals surface area contributed by atoms with Crippen molar-refractivity contribution in [2.45, 2.75) is 58.4 Å². The molecule has 1 aromatic rings. The highest BCUT2D eigenvalue weighted by molar-refractivity contribution is 7.89. The number of carbonyl (C=O) groups excluding carboxylic acids is 1. The maximum Gasteiger partial charge on any atom is 0.241 e. The van der Waals surface area contributed by atoms with Crippen molar-refractivity contribution < 1.29 is 13.2 Å². The van der Waals surface area contributed by atoms with Crippen molar-refractivity contribution in [3.8, 4) is 0 Å². The molecule has 0 spiro atoms. The van der Waals surface area contributed by atoms with Gasteiger partial charge in [-0.2, -0.15) is 0 Å². The summed E-state index contributed by atoms with van der Waals surface area (Å²) < 4.78 is 28.1. The van der Waals surface area contributed by atoms with Gasteiger partial charge in [-0.3, -0.25) is 4.79 Å². The zero-order valence-corrected chi connectivity index (χ0v) is 17.8. The second-order valence-electron chi connectivity index (χ2n) is 6.86. The van der Waals surface area contributed by atoms with Gasteiger partial charge in [0, 0.05) is 25.6 Å². The lowest BCUT2D eigenvalue weighted by Gasteiger charge is -2.19. The van der Waals surface area contributed by atoms with E-state index in [1.54, 1.807) is 0 Å². The molecule has 1 fully saturated rings. The third-order valence-electron chi connectivity index (χ3n) is 5.27. The van der Waals surface area contributed by atoms with Crippen LogP contribution in [0, 0.1) is 34.6 Å². The largest absolute Gasteiger partial charge is 0.352 e. The second kappa shape index (κ2) is 9.17. The second-order valence-corrected chi connectivity index (χ2v) is 8.56. The number of hydrogen-bond donors (Lipinski definition) is 3. The van der Waals surface area contributed by atoms with Crippen molar-refractivity contribution in [1.82, 2.24) is 15.4 Å². The van der Waals surface area contributed by atoms with Gasteiger partial charge in [0.15, 0.2) is 0 Å². The first-order valence-electron chi connectivity index (χ1n) is 8.72. The summed E-state index contributed by atoms with van der Waals surface area (Å²) in [5, 5.41) is 6.10. The number of halogens is 1. The number of carbonyl (C=O) groups is 1. The van der Waals surface area contributed by atoms with Gasteiger partial charge >= 0.3 is 0 Å². The maximum atomic E-state index is 12.8. The van der Waals surface area contributed by atoms with Crippen molar-refractivity contribution in [1.29, 1.82) is 0 Å². The van der Waals surface area contributed by atoms with Crippen LogP contribution in [0.2, 0.25) is 0 Å². The van der Waals surface area contributed by atoms with Gasteiger partial charge in [-0.15, -0.1) is 12.4 Å². The van der Waals surface area contributed by atoms with Crippen molar-refractivity contribution in [2.24, 2.45) is 0 Å². The van der Waals surface area contributed by atoms with Crippen LogP contribution < -0.4 is 15.4 Å². The van der Waals surface area contributed by atoms with Gasteiger partial charge in [-0.1, -0.05) is 0 Å². The summed E-state index contributed by atoms with van der Waals surface area (Å²) in [6.07, 6.45) is 1.05. The fraction of sp³-hybridized carbons (Fsp3) is 0.611. The van der Waals surface area contributed by atoms with E-state index >= 15 is 0 Å². The van der Waals surface area contributed by atoms with Gasteiger partial charge in [0.25, 0.3) is 0 Å². The van der Waals surface area contributed by atoms with E-state index < -0.39 is 10.0 Å². The molecule has 1 saturated heterocycles. The zero-order chi connectivity index (χ0) is 18.8. The van der Waals surface area contributed by atoms with E-state index in [1.807, 2.05) is 34.6 Å². The highest BCUT2D eigenvalue weighted by Gasteiger charge is 2.24. The minimum absolute atomic E-state index is 0. The molecular weight excluding hydrogens is 374 g/mol. The average molecular weight is 404 g/mol.